The van der Waals surface area contributed by atoms with E-state index in [1.165, 1.54) is 37.4 Å². The molecule has 1 aliphatic heterocycles. The molecule has 29 heavy (non-hydrogen) atoms. The molecule has 0 fully saturated rings. The lowest BCUT2D eigenvalue weighted by Gasteiger charge is -2.12. The summed E-state index contributed by atoms with van der Waals surface area (Å²) < 4.78 is 49.3. The van der Waals surface area contributed by atoms with Crippen LogP contribution in [0.5, 0.6) is 23.0 Å². The number of halogens is 2. The van der Waals surface area contributed by atoms with E-state index >= 15 is 0 Å². The summed E-state index contributed by atoms with van der Waals surface area (Å²) in [7, 11) is 1.31. The van der Waals surface area contributed by atoms with E-state index in [2.05, 4.69) is 10.1 Å². The molecule has 0 saturated heterocycles. The van der Waals surface area contributed by atoms with E-state index in [1.807, 2.05) is 0 Å². The standard InChI is InChI=1S/C19H17F2NO7/c1-25-15-6-11(2-4-14(15)29-19(20)21)8-22-17(23)9-26-18(24)12-3-5-13-16(7-12)28-10-27-13/h2-7,19H,8-10H2,1H3,(H,22,23). The summed E-state index contributed by atoms with van der Waals surface area (Å²) in [6.07, 6.45) is 0. The van der Waals surface area contributed by atoms with Gasteiger partial charge in [0.2, 0.25) is 6.79 Å². The molecule has 2 aromatic carbocycles. The van der Waals surface area contributed by atoms with Gasteiger partial charge in [0.25, 0.3) is 5.91 Å². The van der Waals surface area contributed by atoms with Crippen molar-refractivity contribution in [1.29, 1.82) is 0 Å². The number of hydrogen-bond donors (Lipinski definition) is 1. The van der Waals surface area contributed by atoms with Crippen molar-refractivity contribution < 1.29 is 42.1 Å². The van der Waals surface area contributed by atoms with Crippen LogP contribution in [0.4, 0.5) is 8.78 Å². The zero-order chi connectivity index (χ0) is 20.8. The molecule has 0 radical (unpaired) electrons. The molecule has 8 nitrogen and oxygen atoms in total. The number of fused-ring (bicyclic) bond motifs is 1. The topological polar surface area (TPSA) is 92.3 Å². The van der Waals surface area contributed by atoms with Gasteiger partial charge in [-0.2, -0.15) is 8.78 Å². The molecule has 1 N–H and O–H groups in total. The minimum Gasteiger partial charge on any atom is -0.493 e. The van der Waals surface area contributed by atoms with Crippen molar-refractivity contribution in [3.63, 3.8) is 0 Å². The number of carbonyl (C=O) groups excluding carboxylic acids is 2. The van der Waals surface area contributed by atoms with Gasteiger partial charge in [-0.25, -0.2) is 4.79 Å². The molecule has 1 amide bonds. The Labute approximate surface area is 164 Å². The maximum Gasteiger partial charge on any atom is 0.387 e. The quantitative estimate of drug-likeness (QED) is 0.670. The number of benzene rings is 2. The first-order chi connectivity index (χ1) is 14.0. The Kier molecular flexibility index (Phi) is 6.32. The van der Waals surface area contributed by atoms with Crippen LogP contribution >= 0.6 is 0 Å². The van der Waals surface area contributed by atoms with Gasteiger partial charge >= 0.3 is 12.6 Å². The van der Waals surface area contributed by atoms with Crippen LogP contribution in [-0.4, -0.2) is 39.0 Å². The first-order valence-corrected chi connectivity index (χ1v) is 8.41. The van der Waals surface area contributed by atoms with E-state index in [0.717, 1.165) is 0 Å². The molecule has 0 atom stereocenters. The maximum atomic E-state index is 12.3. The van der Waals surface area contributed by atoms with Crippen LogP contribution in [0.2, 0.25) is 0 Å². The lowest BCUT2D eigenvalue weighted by molar-refractivity contribution is -0.124. The normalized spacial score (nSPS) is 11.9. The van der Waals surface area contributed by atoms with Crippen molar-refractivity contribution in [3.05, 3.63) is 47.5 Å². The molecule has 0 spiro atoms. The van der Waals surface area contributed by atoms with Crippen LogP contribution in [0.25, 0.3) is 0 Å². The van der Waals surface area contributed by atoms with Crippen LogP contribution in [0.1, 0.15) is 15.9 Å². The minimum absolute atomic E-state index is 0.0751. The predicted octanol–water partition coefficient (Wildman–Crippen LogP) is 2.50. The summed E-state index contributed by atoms with van der Waals surface area (Å²) in [6, 6.07) is 8.82. The Bertz CT molecular complexity index is 904. The molecule has 2 aromatic rings. The second-order valence-corrected chi connectivity index (χ2v) is 5.78. The number of alkyl halides is 2. The SMILES string of the molecule is COc1cc(CNC(=O)COC(=O)c2ccc3c(c2)OCO3)ccc1OC(F)F. The molecular formula is C19H17F2NO7. The third kappa shape index (κ3) is 5.24. The van der Waals surface area contributed by atoms with E-state index < -0.39 is 25.1 Å². The Balaban J connectivity index is 1.49. The molecule has 0 unspecified atom stereocenters. The van der Waals surface area contributed by atoms with Gasteiger partial charge in [0.15, 0.2) is 29.6 Å². The first kappa shape index (κ1) is 20.2. The Morgan fingerprint density at radius 2 is 1.90 bits per heavy atom. The predicted molar refractivity (Wildman–Crippen MR) is 94.3 cm³/mol. The summed E-state index contributed by atoms with van der Waals surface area (Å²) >= 11 is 0. The van der Waals surface area contributed by atoms with Crippen molar-refractivity contribution >= 4 is 11.9 Å². The molecule has 0 saturated carbocycles. The number of methoxy groups -OCH3 is 1. The zero-order valence-corrected chi connectivity index (χ0v) is 15.3. The Morgan fingerprint density at radius 1 is 1.10 bits per heavy atom. The number of rotatable bonds is 8. The van der Waals surface area contributed by atoms with E-state index in [-0.39, 0.29) is 30.4 Å². The number of hydrogen-bond acceptors (Lipinski definition) is 7. The maximum absolute atomic E-state index is 12.3. The fourth-order valence-electron chi connectivity index (χ4n) is 2.50. The molecule has 1 aliphatic rings. The number of nitrogens with one attached hydrogen (secondary N) is 1. The monoisotopic (exact) mass is 409 g/mol. The van der Waals surface area contributed by atoms with E-state index in [1.54, 1.807) is 6.07 Å². The number of esters is 1. The van der Waals surface area contributed by atoms with E-state index in [4.69, 9.17) is 18.9 Å². The Hall–Kier alpha value is -3.56. The second kappa shape index (κ2) is 9.09. The van der Waals surface area contributed by atoms with Gasteiger partial charge in [0, 0.05) is 6.54 Å². The van der Waals surface area contributed by atoms with Gasteiger partial charge in [-0.1, -0.05) is 6.07 Å². The van der Waals surface area contributed by atoms with Crippen LogP contribution in [-0.2, 0) is 16.1 Å². The van der Waals surface area contributed by atoms with Gasteiger partial charge in [0.1, 0.15) is 0 Å². The number of carbonyl (C=O) groups is 2. The zero-order valence-electron chi connectivity index (χ0n) is 15.3. The smallest absolute Gasteiger partial charge is 0.387 e. The van der Waals surface area contributed by atoms with Gasteiger partial charge in [-0.05, 0) is 35.9 Å². The highest BCUT2D eigenvalue weighted by Gasteiger charge is 2.18. The average Bonchev–Trinajstić information content (AvgIpc) is 3.18. The van der Waals surface area contributed by atoms with Crippen LogP contribution in [0, 0.1) is 0 Å². The van der Waals surface area contributed by atoms with Gasteiger partial charge in [-0.3, -0.25) is 4.79 Å². The molecule has 0 bridgehead atoms. The van der Waals surface area contributed by atoms with Gasteiger partial charge in [-0.15, -0.1) is 0 Å². The third-order valence-corrected chi connectivity index (χ3v) is 3.88. The molecule has 1 heterocycles. The van der Waals surface area contributed by atoms with Crippen molar-refractivity contribution in [2.24, 2.45) is 0 Å². The molecule has 10 heteroatoms. The summed E-state index contributed by atoms with van der Waals surface area (Å²) in [4.78, 5) is 24.0. The largest absolute Gasteiger partial charge is 0.493 e. The summed E-state index contributed by atoms with van der Waals surface area (Å²) in [5, 5.41) is 2.55. The molecule has 154 valence electrons. The molecule has 0 aliphatic carbocycles. The lowest BCUT2D eigenvalue weighted by Crippen LogP contribution is -2.28. The summed E-state index contributed by atoms with van der Waals surface area (Å²) in [6.45, 7) is -3.31. The lowest BCUT2D eigenvalue weighted by atomic mass is 10.2. The molecule has 0 aromatic heterocycles. The van der Waals surface area contributed by atoms with Crippen LogP contribution in [0.15, 0.2) is 36.4 Å². The highest BCUT2D eigenvalue weighted by atomic mass is 19.3. The molecular weight excluding hydrogens is 392 g/mol. The summed E-state index contributed by atoms with van der Waals surface area (Å²) in [5.74, 6) is -0.280. The van der Waals surface area contributed by atoms with Crippen molar-refractivity contribution in [2.75, 3.05) is 20.5 Å². The average molecular weight is 409 g/mol. The fraction of sp³-hybridized carbons (Fsp3) is 0.263. The van der Waals surface area contributed by atoms with Gasteiger partial charge < -0.3 is 29.0 Å². The van der Waals surface area contributed by atoms with E-state index in [0.29, 0.717) is 17.1 Å². The van der Waals surface area contributed by atoms with Crippen molar-refractivity contribution in [3.8, 4) is 23.0 Å². The number of ether oxygens (including phenoxy) is 5. The summed E-state index contributed by atoms with van der Waals surface area (Å²) in [5.41, 5.74) is 0.806. The van der Waals surface area contributed by atoms with Crippen LogP contribution < -0.4 is 24.3 Å². The van der Waals surface area contributed by atoms with E-state index in [9.17, 15) is 18.4 Å². The second-order valence-electron chi connectivity index (χ2n) is 5.78. The van der Waals surface area contributed by atoms with Gasteiger partial charge in [0.05, 0.1) is 12.7 Å². The highest BCUT2D eigenvalue weighted by molar-refractivity contribution is 5.92. The fourth-order valence-corrected chi connectivity index (χ4v) is 2.50. The molecule has 3 rings (SSSR count). The van der Waals surface area contributed by atoms with Crippen LogP contribution in [0.3, 0.4) is 0 Å². The highest BCUT2D eigenvalue weighted by Crippen LogP contribution is 2.32. The van der Waals surface area contributed by atoms with Crippen molar-refractivity contribution in [2.45, 2.75) is 13.2 Å². The minimum atomic E-state index is -2.98. The third-order valence-electron chi connectivity index (χ3n) is 3.88. The van der Waals surface area contributed by atoms with Crippen molar-refractivity contribution in [1.82, 2.24) is 5.32 Å². The number of amides is 1. The first-order valence-electron chi connectivity index (χ1n) is 8.41. The Morgan fingerprint density at radius 3 is 2.66 bits per heavy atom.